The van der Waals surface area contributed by atoms with Crippen molar-refractivity contribution in [1.82, 2.24) is 15.5 Å². The number of rotatable bonds is 7. The van der Waals surface area contributed by atoms with Crippen molar-refractivity contribution in [2.24, 2.45) is 0 Å². The number of carbonyl (C=O) groups excluding carboxylic acids is 2. The average molecular weight is 392 g/mol. The zero-order valence-electron chi connectivity index (χ0n) is 13.2. The Hall–Kier alpha value is -2.62. The summed E-state index contributed by atoms with van der Waals surface area (Å²) in [7, 11) is 0. The number of halogens is 4. The van der Waals surface area contributed by atoms with Gasteiger partial charge in [-0.3, -0.25) is 9.59 Å². The first kappa shape index (κ1) is 19.7. The number of ether oxygens (including phenoxy) is 1. The fraction of sp³-hybridized carbons (Fsp3) is 0.333. The van der Waals surface area contributed by atoms with E-state index in [9.17, 15) is 22.8 Å². The second-order valence-electron chi connectivity index (χ2n) is 5.07. The van der Waals surface area contributed by atoms with Crippen LogP contribution in [0, 0.1) is 0 Å². The number of alkyl halides is 3. The number of aromatic nitrogens is 2. The second-order valence-corrected chi connectivity index (χ2v) is 5.51. The Morgan fingerprint density at radius 1 is 1.23 bits per heavy atom. The molecule has 0 aliphatic carbocycles. The summed E-state index contributed by atoms with van der Waals surface area (Å²) in [5.41, 5.74) is 0.674. The summed E-state index contributed by atoms with van der Waals surface area (Å²) < 4.78 is 45.3. The molecule has 0 radical (unpaired) electrons. The van der Waals surface area contributed by atoms with Gasteiger partial charge in [-0.25, -0.2) is 0 Å². The van der Waals surface area contributed by atoms with Crippen molar-refractivity contribution in [3.63, 3.8) is 0 Å². The molecule has 1 aromatic heterocycles. The Kier molecular flexibility index (Phi) is 6.56. The fourth-order valence-corrected chi connectivity index (χ4v) is 1.88. The predicted molar refractivity (Wildman–Crippen MR) is 83.1 cm³/mol. The summed E-state index contributed by atoms with van der Waals surface area (Å²) in [4.78, 5) is 26.7. The minimum atomic E-state index is -4.53. The molecule has 0 unspecified atom stereocenters. The van der Waals surface area contributed by atoms with Gasteiger partial charge in [-0.15, -0.1) is 0 Å². The lowest BCUT2D eigenvalue weighted by molar-refractivity contribution is -0.151. The summed E-state index contributed by atoms with van der Waals surface area (Å²) >= 11 is 5.78. The average Bonchev–Trinajstić information content (AvgIpc) is 3.05. The highest BCUT2D eigenvalue weighted by Gasteiger charge is 2.27. The highest BCUT2D eigenvalue weighted by atomic mass is 35.5. The number of nitrogens with zero attached hydrogens (tertiary/aromatic N) is 2. The molecule has 11 heteroatoms. The van der Waals surface area contributed by atoms with Gasteiger partial charge in [0.25, 0.3) is 5.91 Å². The zero-order chi connectivity index (χ0) is 19.2. The summed E-state index contributed by atoms with van der Waals surface area (Å²) in [5, 5.41) is 5.90. The lowest BCUT2D eigenvalue weighted by Crippen LogP contribution is -2.36. The Morgan fingerprint density at radius 3 is 2.58 bits per heavy atom. The molecule has 0 saturated heterocycles. The standard InChI is InChI=1S/C15H13ClF3N3O4/c16-10-3-1-9(2-4-10)14-21-12(26-22-14)5-6-13(24)25-7-11(23)20-8-15(17,18)19/h1-4H,5-8H2,(H,20,23). The number of aryl methyl sites for hydroxylation is 1. The minimum Gasteiger partial charge on any atom is -0.456 e. The van der Waals surface area contributed by atoms with Crippen LogP contribution in [0.15, 0.2) is 28.8 Å². The van der Waals surface area contributed by atoms with E-state index < -0.39 is 31.2 Å². The highest BCUT2D eigenvalue weighted by Crippen LogP contribution is 2.19. The van der Waals surface area contributed by atoms with Crippen LogP contribution in [0.5, 0.6) is 0 Å². The molecule has 0 saturated carbocycles. The Balaban J connectivity index is 1.74. The van der Waals surface area contributed by atoms with E-state index in [1.165, 1.54) is 0 Å². The van der Waals surface area contributed by atoms with E-state index in [1.807, 2.05) is 0 Å². The third kappa shape index (κ3) is 6.71. The van der Waals surface area contributed by atoms with E-state index in [0.717, 1.165) is 0 Å². The van der Waals surface area contributed by atoms with Gasteiger partial charge in [0.1, 0.15) is 6.54 Å². The van der Waals surface area contributed by atoms with Crippen LogP contribution >= 0.6 is 11.6 Å². The first-order chi connectivity index (χ1) is 12.2. The second kappa shape index (κ2) is 8.65. The van der Waals surface area contributed by atoms with Gasteiger partial charge in [-0.05, 0) is 24.3 Å². The van der Waals surface area contributed by atoms with Gasteiger partial charge in [-0.1, -0.05) is 16.8 Å². The normalized spacial score (nSPS) is 11.2. The van der Waals surface area contributed by atoms with E-state index in [1.54, 1.807) is 29.6 Å². The minimum absolute atomic E-state index is 0.0591. The van der Waals surface area contributed by atoms with Gasteiger partial charge in [0.05, 0.1) is 6.42 Å². The van der Waals surface area contributed by atoms with Crippen LogP contribution < -0.4 is 5.32 Å². The van der Waals surface area contributed by atoms with Gasteiger partial charge < -0.3 is 14.6 Å². The summed E-state index contributed by atoms with van der Waals surface area (Å²) in [5.74, 6) is -1.33. The third-order valence-electron chi connectivity index (χ3n) is 2.96. The van der Waals surface area contributed by atoms with E-state index in [2.05, 4.69) is 14.9 Å². The number of esters is 1. The first-order valence-corrected chi connectivity index (χ1v) is 7.68. The number of hydrogen-bond acceptors (Lipinski definition) is 6. The van der Waals surface area contributed by atoms with Gasteiger partial charge >= 0.3 is 12.1 Å². The predicted octanol–water partition coefficient (Wildman–Crippen LogP) is 2.54. The number of carbonyl (C=O) groups is 2. The van der Waals surface area contributed by atoms with Crippen LogP contribution in [-0.4, -0.2) is 41.3 Å². The maximum absolute atomic E-state index is 11.9. The van der Waals surface area contributed by atoms with Crippen molar-refractivity contribution >= 4 is 23.5 Å². The highest BCUT2D eigenvalue weighted by molar-refractivity contribution is 6.30. The molecule has 140 valence electrons. The van der Waals surface area contributed by atoms with Crippen LogP contribution in [0.25, 0.3) is 11.4 Å². The molecule has 1 heterocycles. The molecular formula is C15H13ClF3N3O4. The van der Waals surface area contributed by atoms with Crippen molar-refractivity contribution in [3.05, 3.63) is 35.2 Å². The Bertz CT molecular complexity index is 762. The number of hydrogen-bond donors (Lipinski definition) is 1. The summed E-state index contributed by atoms with van der Waals surface area (Å²) in [6.07, 6.45) is -4.64. The van der Waals surface area contributed by atoms with Crippen molar-refractivity contribution in [2.45, 2.75) is 19.0 Å². The smallest absolute Gasteiger partial charge is 0.405 e. The van der Waals surface area contributed by atoms with E-state index in [-0.39, 0.29) is 18.7 Å². The topological polar surface area (TPSA) is 94.3 Å². The van der Waals surface area contributed by atoms with Gasteiger partial charge in [0.15, 0.2) is 6.61 Å². The molecule has 0 aliphatic rings. The molecule has 0 aliphatic heterocycles. The quantitative estimate of drug-likeness (QED) is 0.729. The van der Waals surface area contributed by atoms with Crippen molar-refractivity contribution in [3.8, 4) is 11.4 Å². The molecule has 0 fully saturated rings. The molecule has 7 nitrogen and oxygen atoms in total. The van der Waals surface area contributed by atoms with Crippen LogP contribution in [0.3, 0.4) is 0 Å². The van der Waals surface area contributed by atoms with Crippen LogP contribution in [0.4, 0.5) is 13.2 Å². The van der Waals surface area contributed by atoms with Crippen molar-refractivity contribution in [2.75, 3.05) is 13.2 Å². The molecule has 1 aromatic carbocycles. The maximum Gasteiger partial charge on any atom is 0.405 e. The number of nitrogens with one attached hydrogen (secondary N) is 1. The SMILES string of the molecule is O=C(COC(=O)CCc1nc(-c2ccc(Cl)cc2)no1)NCC(F)(F)F. The summed E-state index contributed by atoms with van der Waals surface area (Å²) in [6.45, 7) is -2.28. The molecule has 1 amide bonds. The zero-order valence-corrected chi connectivity index (χ0v) is 13.9. The maximum atomic E-state index is 11.9. The lowest BCUT2D eigenvalue weighted by atomic mass is 10.2. The van der Waals surface area contributed by atoms with Crippen molar-refractivity contribution in [1.29, 1.82) is 0 Å². The molecule has 2 aromatic rings. The van der Waals surface area contributed by atoms with Crippen LogP contribution in [0.1, 0.15) is 12.3 Å². The largest absolute Gasteiger partial charge is 0.456 e. The van der Waals surface area contributed by atoms with E-state index in [4.69, 9.17) is 16.1 Å². The Labute approximate surface area is 150 Å². The van der Waals surface area contributed by atoms with Gasteiger partial charge in [-0.2, -0.15) is 18.2 Å². The van der Waals surface area contributed by atoms with Crippen LogP contribution in [0.2, 0.25) is 5.02 Å². The lowest BCUT2D eigenvalue weighted by Gasteiger charge is -2.08. The molecule has 26 heavy (non-hydrogen) atoms. The first-order valence-electron chi connectivity index (χ1n) is 7.30. The molecular weight excluding hydrogens is 379 g/mol. The third-order valence-corrected chi connectivity index (χ3v) is 3.22. The van der Waals surface area contributed by atoms with Gasteiger partial charge in [0.2, 0.25) is 11.7 Å². The molecule has 1 N–H and O–H groups in total. The monoisotopic (exact) mass is 391 g/mol. The van der Waals surface area contributed by atoms with Crippen LogP contribution in [-0.2, 0) is 20.7 Å². The number of amides is 1. The van der Waals surface area contributed by atoms with E-state index in [0.29, 0.717) is 16.4 Å². The van der Waals surface area contributed by atoms with E-state index >= 15 is 0 Å². The molecule has 0 atom stereocenters. The fourth-order valence-electron chi connectivity index (χ4n) is 1.75. The van der Waals surface area contributed by atoms with Crippen molar-refractivity contribution < 1.29 is 32.0 Å². The number of benzene rings is 1. The molecule has 0 bridgehead atoms. The summed E-state index contributed by atoms with van der Waals surface area (Å²) in [6, 6.07) is 6.72. The van der Waals surface area contributed by atoms with Gasteiger partial charge in [0, 0.05) is 17.0 Å². The molecule has 2 rings (SSSR count). The Morgan fingerprint density at radius 2 is 1.92 bits per heavy atom. The molecule has 0 spiro atoms.